The van der Waals surface area contributed by atoms with Crippen molar-refractivity contribution in [3.8, 4) is 5.75 Å². The number of urea groups is 1. The summed E-state index contributed by atoms with van der Waals surface area (Å²) in [6.45, 7) is 0.181. The van der Waals surface area contributed by atoms with E-state index in [-0.39, 0.29) is 18.0 Å². The first-order chi connectivity index (χ1) is 9.02. The molecule has 1 saturated heterocycles. The van der Waals surface area contributed by atoms with Gasteiger partial charge in [0.05, 0.1) is 24.9 Å². The van der Waals surface area contributed by atoms with E-state index < -0.39 is 29.7 Å². The van der Waals surface area contributed by atoms with Crippen molar-refractivity contribution < 1.29 is 18.7 Å². The molecule has 1 aliphatic rings. The lowest BCUT2D eigenvalue weighted by Gasteiger charge is -2.17. The zero-order valence-electron chi connectivity index (χ0n) is 10.1. The summed E-state index contributed by atoms with van der Waals surface area (Å²) in [6.07, 6.45) is 1.35. The first-order valence-corrected chi connectivity index (χ1v) is 5.56. The fraction of sp³-hybridized carbons (Fsp3) is 0.364. The Bertz CT molecular complexity index is 523. The molecule has 8 heteroatoms. The number of nitrogens with one attached hydrogen (secondary N) is 2. The predicted octanol–water partition coefficient (Wildman–Crippen LogP) is -0.520. The number of carbonyl (C=O) groups excluding carboxylic acids is 2. The molecule has 4 N–H and O–H groups in total. The quantitative estimate of drug-likeness (QED) is 0.685. The van der Waals surface area contributed by atoms with Crippen LogP contribution in [0.3, 0.4) is 0 Å². The number of hydrogen-bond acceptors (Lipinski definition) is 4. The van der Waals surface area contributed by atoms with E-state index in [2.05, 4.69) is 15.6 Å². The third-order valence-electron chi connectivity index (χ3n) is 2.91. The van der Waals surface area contributed by atoms with E-state index in [0.717, 1.165) is 0 Å². The minimum atomic E-state index is -0.923. The van der Waals surface area contributed by atoms with Crippen LogP contribution in [-0.2, 0) is 4.79 Å². The molecule has 2 rings (SSSR count). The third kappa shape index (κ3) is 2.56. The van der Waals surface area contributed by atoms with Crippen LogP contribution in [0.15, 0.2) is 12.3 Å². The molecule has 0 aromatic carbocycles. The van der Waals surface area contributed by atoms with E-state index >= 15 is 0 Å². The lowest BCUT2D eigenvalue weighted by Crippen LogP contribution is -2.45. The van der Waals surface area contributed by atoms with Crippen molar-refractivity contribution in [1.29, 1.82) is 0 Å². The first-order valence-electron chi connectivity index (χ1n) is 5.56. The number of halogens is 1. The molecule has 0 spiro atoms. The van der Waals surface area contributed by atoms with Gasteiger partial charge in [-0.25, -0.2) is 9.18 Å². The summed E-state index contributed by atoms with van der Waals surface area (Å²) in [6, 6.07) is -0.596. The van der Waals surface area contributed by atoms with E-state index in [9.17, 15) is 14.0 Å². The fourth-order valence-corrected chi connectivity index (χ4v) is 2.01. The highest BCUT2D eigenvalue weighted by Gasteiger charge is 2.38. The first kappa shape index (κ1) is 13.1. The minimum Gasteiger partial charge on any atom is -0.495 e. The summed E-state index contributed by atoms with van der Waals surface area (Å²) in [5.74, 6) is -1.35. The van der Waals surface area contributed by atoms with E-state index in [0.29, 0.717) is 0 Å². The van der Waals surface area contributed by atoms with Gasteiger partial charge in [0.25, 0.3) is 0 Å². The lowest BCUT2D eigenvalue weighted by molar-refractivity contribution is -0.120. The van der Waals surface area contributed by atoms with Gasteiger partial charge in [0.2, 0.25) is 5.91 Å². The second-order valence-corrected chi connectivity index (χ2v) is 4.08. The van der Waals surface area contributed by atoms with Gasteiger partial charge in [0.1, 0.15) is 17.6 Å². The van der Waals surface area contributed by atoms with Crippen LogP contribution in [0, 0.1) is 5.82 Å². The molecule has 0 aliphatic carbocycles. The second-order valence-electron chi connectivity index (χ2n) is 4.08. The maximum Gasteiger partial charge on any atom is 0.312 e. The van der Waals surface area contributed by atoms with Crippen LogP contribution in [0.2, 0.25) is 0 Å². The van der Waals surface area contributed by atoms with Crippen LogP contribution in [0.5, 0.6) is 5.75 Å². The number of nitrogens with zero attached hydrogens (tertiary/aromatic N) is 1. The number of pyridine rings is 1. The van der Waals surface area contributed by atoms with Crippen molar-refractivity contribution in [2.24, 2.45) is 5.73 Å². The highest BCUT2D eigenvalue weighted by molar-refractivity contribution is 5.89. The van der Waals surface area contributed by atoms with E-state index in [4.69, 9.17) is 10.5 Å². The van der Waals surface area contributed by atoms with Crippen LogP contribution < -0.4 is 21.1 Å². The largest absolute Gasteiger partial charge is 0.495 e. The Kier molecular flexibility index (Phi) is 3.50. The van der Waals surface area contributed by atoms with Crippen LogP contribution in [0.25, 0.3) is 0 Å². The molecule has 19 heavy (non-hydrogen) atoms. The van der Waals surface area contributed by atoms with Gasteiger partial charge >= 0.3 is 6.03 Å². The zero-order valence-corrected chi connectivity index (χ0v) is 10.1. The number of nitrogens with two attached hydrogens (primary N) is 1. The van der Waals surface area contributed by atoms with Crippen molar-refractivity contribution in [3.63, 3.8) is 0 Å². The Morgan fingerprint density at radius 2 is 2.42 bits per heavy atom. The molecule has 0 radical (unpaired) electrons. The molecule has 102 valence electrons. The van der Waals surface area contributed by atoms with Gasteiger partial charge < -0.3 is 21.1 Å². The Morgan fingerprint density at radius 1 is 1.68 bits per heavy atom. The maximum atomic E-state index is 13.9. The normalized spacial score (nSPS) is 21.9. The highest BCUT2D eigenvalue weighted by Crippen LogP contribution is 2.26. The molecule has 7 nitrogen and oxygen atoms in total. The average molecular weight is 268 g/mol. The number of aromatic nitrogens is 1. The molecule has 2 heterocycles. The number of ether oxygens (including phenoxy) is 1. The topological polar surface area (TPSA) is 106 Å². The fourth-order valence-electron chi connectivity index (χ4n) is 2.01. The van der Waals surface area contributed by atoms with Gasteiger partial charge in [-0.2, -0.15) is 0 Å². The summed E-state index contributed by atoms with van der Waals surface area (Å²) in [5.41, 5.74) is 5.08. The van der Waals surface area contributed by atoms with E-state index in [1.165, 1.54) is 19.4 Å². The minimum absolute atomic E-state index is 0.0814. The standard InChI is InChI=1S/C11H13FN4O3/c1-19-5-2-7(12)8(14-3-5)6-4-15-10(17)9(6)16-11(13)18/h2-3,6,9H,4H2,1H3,(H,15,17)(H3,13,16,18)/t6-,9-/m0/s1. The molecule has 1 fully saturated rings. The third-order valence-corrected chi connectivity index (χ3v) is 2.91. The van der Waals surface area contributed by atoms with Crippen molar-refractivity contribution in [2.75, 3.05) is 13.7 Å². The summed E-state index contributed by atoms with van der Waals surface area (Å²) in [5, 5.41) is 4.82. The Labute approximate surface area is 108 Å². The summed E-state index contributed by atoms with van der Waals surface area (Å²) >= 11 is 0. The lowest BCUT2D eigenvalue weighted by atomic mass is 9.98. The highest BCUT2D eigenvalue weighted by atomic mass is 19.1. The van der Waals surface area contributed by atoms with Gasteiger partial charge in [-0.05, 0) is 0 Å². The molecule has 1 aromatic rings. The van der Waals surface area contributed by atoms with Gasteiger partial charge in [-0.3, -0.25) is 9.78 Å². The average Bonchev–Trinajstić information content (AvgIpc) is 2.70. The second kappa shape index (κ2) is 5.09. The SMILES string of the molecule is COc1cnc([C@@H]2CNC(=O)[C@H]2NC(N)=O)c(F)c1. The van der Waals surface area contributed by atoms with Gasteiger partial charge in [0.15, 0.2) is 0 Å². The number of rotatable bonds is 3. The van der Waals surface area contributed by atoms with Crippen molar-refractivity contribution in [2.45, 2.75) is 12.0 Å². The Hall–Kier alpha value is -2.38. The van der Waals surface area contributed by atoms with Gasteiger partial charge in [0, 0.05) is 12.6 Å². The molecule has 1 aromatic heterocycles. The van der Waals surface area contributed by atoms with Crippen LogP contribution >= 0.6 is 0 Å². The smallest absolute Gasteiger partial charge is 0.312 e. The molecule has 2 atom stereocenters. The Morgan fingerprint density at radius 3 is 3.00 bits per heavy atom. The maximum absolute atomic E-state index is 13.9. The Balaban J connectivity index is 2.29. The predicted molar refractivity (Wildman–Crippen MR) is 63.0 cm³/mol. The number of hydrogen-bond donors (Lipinski definition) is 3. The molecule has 1 aliphatic heterocycles. The molecular formula is C11H13FN4O3. The summed E-state index contributed by atoms with van der Waals surface area (Å²) in [4.78, 5) is 26.4. The van der Waals surface area contributed by atoms with Gasteiger partial charge in [-0.15, -0.1) is 0 Å². The summed E-state index contributed by atoms with van der Waals surface area (Å²) in [7, 11) is 1.40. The number of amides is 3. The van der Waals surface area contributed by atoms with Crippen LogP contribution in [0.1, 0.15) is 11.6 Å². The molecule has 0 saturated carbocycles. The molecule has 0 unspecified atom stereocenters. The number of methoxy groups -OCH3 is 1. The van der Waals surface area contributed by atoms with Crippen LogP contribution in [-0.4, -0.2) is 36.6 Å². The van der Waals surface area contributed by atoms with Crippen molar-refractivity contribution >= 4 is 11.9 Å². The van der Waals surface area contributed by atoms with E-state index in [1.54, 1.807) is 0 Å². The zero-order chi connectivity index (χ0) is 14.0. The number of primary amides is 1. The van der Waals surface area contributed by atoms with Gasteiger partial charge in [-0.1, -0.05) is 0 Å². The van der Waals surface area contributed by atoms with E-state index in [1.807, 2.05) is 0 Å². The molecular weight excluding hydrogens is 255 g/mol. The molecule has 3 amide bonds. The van der Waals surface area contributed by atoms with Crippen molar-refractivity contribution in [1.82, 2.24) is 15.6 Å². The number of carbonyl (C=O) groups is 2. The monoisotopic (exact) mass is 268 g/mol. The summed E-state index contributed by atoms with van der Waals surface area (Å²) < 4.78 is 18.8. The van der Waals surface area contributed by atoms with Crippen LogP contribution in [0.4, 0.5) is 9.18 Å². The molecule has 0 bridgehead atoms. The van der Waals surface area contributed by atoms with Crippen molar-refractivity contribution in [3.05, 3.63) is 23.8 Å².